The number of benzene rings is 3. The Kier molecular flexibility index (Phi) is 6.41. The molecule has 34 heavy (non-hydrogen) atoms. The van der Waals surface area contributed by atoms with Crippen molar-refractivity contribution in [1.29, 1.82) is 0 Å². The zero-order valence-electron chi connectivity index (χ0n) is 20.1. The van der Waals surface area contributed by atoms with Gasteiger partial charge in [-0.25, -0.2) is 8.42 Å². The van der Waals surface area contributed by atoms with Gasteiger partial charge in [-0.15, -0.1) is 0 Å². The third kappa shape index (κ3) is 4.53. The maximum Gasteiger partial charge on any atom is 0.264 e. The Morgan fingerprint density at radius 1 is 0.971 bits per heavy atom. The topological polar surface area (TPSA) is 75.7 Å². The van der Waals surface area contributed by atoms with Crippen molar-refractivity contribution >= 4 is 21.6 Å². The van der Waals surface area contributed by atoms with Crippen molar-refractivity contribution in [1.82, 2.24) is 5.32 Å². The molecule has 0 fully saturated rings. The third-order valence-electron chi connectivity index (χ3n) is 6.34. The molecule has 0 bridgehead atoms. The third-order valence-corrected chi connectivity index (χ3v) is 8.14. The highest BCUT2D eigenvalue weighted by molar-refractivity contribution is 7.92. The van der Waals surface area contributed by atoms with E-state index in [-0.39, 0.29) is 23.4 Å². The molecule has 7 heteroatoms. The fourth-order valence-electron chi connectivity index (χ4n) is 4.24. The van der Waals surface area contributed by atoms with Gasteiger partial charge >= 0.3 is 0 Å². The summed E-state index contributed by atoms with van der Waals surface area (Å²) in [5.41, 5.74) is 5.86. The van der Waals surface area contributed by atoms with Crippen molar-refractivity contribution < 1.29 is 17.9 Å². The Bertz CT molecular complexity index is 1330. The number of fused-ring (bicyclic) bond motifs is 1. The molecule has 3 aromatic rings. The van der Waals surface area contributed by atoms with Crippen LogP contribution in [-0.2, 0) is 14.8 Å². The lowest BCUT2D eigenvalue weighted by Gasteiger charge is -2.35. The van der Waals surface area contributed by atoms with Crippen LogP contribution < -0.4 is 14.4 Å². The van der Waals surface area contributed by atoms with E-state index < -0.39 is 16.1 Å². The number of carbonyl (C=O) groups is 1. The maximum atomic E-state index is 13.5. The van der Waals surface area contributed by atoms with E-state index in [4.69, 9.17) is 4.74 Å². The molecule has 1 aliphatic rings. The number of hydrogen-bond acceptors (Lipinski definition) is 4. The summed E-state index contributed by atoms with van der Waals surface area (Å²) in [5.74, 6) is 0.00309. The van der Waals surface area contributed by atoms with E-state index >= 15 is 0 Å². The summed E-state index contributed by atoms with van der Waals surface area (Å²) in [4.78, 5) is 13.4. The minimum Gasteiger partial charge on any atom is -0.476 e. The predicted octanol–water partition coefficient (Wildman–Crippen LogP) is 4.75. The minimum absolute atomic E-state index is 0.113. The van der Waals surface area contributed by atoms with E-state index in [1.165, 1.54) is 9.87 Å². The number of hydrogen-bond donors (Lipinski definition) is 1. The molecule has 0 spiro atoms. The first-order valence-electron chi connectivity index (χ1n) is 11.3. The normalized spacial score (nSPS) is 16.4. The number of ether oxygens (including phenoxy) is 1. The molecule has 1 N–H and O–H groups in total. The molecule has 4 rings (SSSR count). The summed E-state index contributed by atoms with van der Waals surface area (Å²) >= 11 is 0. The molecule has 1 heterocycles. The number of nitrogens with one attached hydrogen (secondary N) is 1. The zero-order valence-corrected chi connectivity index (χ0v) is 20.9. The molecule has 6 nitrogen and oxygen atoms in total. The summed E-state index contributed by atoms with van der Waals surface area (Å²) in [6.07, 6.45) is -0.982. The fourth-order valence-corrected chi connectivity index (χ4v) is 5.71. The van der Waals surface area contributed by atoms with Crippen LogP contribution in [0.5, 0.6) is 5.75 Å². The van der Waals surface area contributed by atoms with Crippen LogP contribution in [0.25, 0.3) is 0 Å². The summed E-state index contributed by atoms with van der Waals surface area (Å²) in [5, 5.41) is 3.02. The summed E-state index contributed by atoms with van der Waals surface area (Å²) in [6.45, 7) is 9.84. The second-order valence-electron chi connectivity index (χ2n) is 8.95. The van der Waals surface area contributed by atoms with Gasteiger partial charge in [-0.05, 0) is 81.1 Å². The van der Waals surface area contributed by atoms with Crippen LogP contribution in [0.2, 0.25) is 0 Å². The number of rotatable bonds is 5. The first-order valence-corrected chi connectivity index (χ1v) is 12.7. The van der Waals surface area contributed by atoms with E-state index in [0.717, 1.165) is 22.3 Å². The molecule has 3 aromatic carbocycles. The highest BCUT2D eigenvalue weighted by atomic mass is 32.2. The van der Waals surface area contributed by atoms with E-state index in [0.29, 0.717) is 11.4 Å². The zero-order chi connectivity index (χ0) is 24.6. The largest absolute Gasteiger partial charge is 0.476 e. The molecular formula is C27H30N2O4S. The second kappa shape index (κ2) is 9.14. The molecule has 2 atom stereocenters. The average Bonchev–Trinajstić information content (AvgIpc) is 2.80. The number of amides is 1. The molecule has 178 valence electrons. The van der Waals surface area contributed by atoms with E-state index in [1.54, 1.807) is 48.5 Å². The van der Waals surface area contributed by atoms with Gasteiger partial charge in [-0.2, -0.15) is 0 Å². The van der Waals surface area contributed by atoms with Crippen LogP contribution >= 0.6 is 0 Å². The molecule has 0 aliphatic carbocycles. The Labute approximate surface area is 201 Å². The van der Waals surface area contributed by atoms with Crippen molar-refractivity contribution in [3.05, 3.63) is 88.5 Å². The lowest BCUT2D eigenvalue weighted by atomic mass is 9.96. The first-order chi connectivity index (χ1) is 16.1. The van der Waals surface area contributed by atoms with Crippen molar-refractivity contribution in [2.24, 2.45) is 0 Å². The van der Waals surface area contributed by atoms with Gasteiger partial charge in [0, 0.05) is 0 Å². The van der Waals surface area contributed by atoms with Gasteiger partial charge in [0.1, 0.15) is 5.75 Å². The maximum absolute atomic E-state index is 13.5. The predicted molar refractivity (Wildman–Crippen MR) is 134 cm³/mol. The lowest BCUT2D eigenvalue weighted by Crippen LogP contribution is -2.51. The molecule has 0 aromatic heterocycles. The smallest absolute Gasteiger partial charge is 0.264 e. The van der Waals surface area contributed by atoms with Crippen LogP contribution in [0.4, 0.5) is 5.69 Å². The van der Waals surface area contributed by atoms with Crippen LogP contribution in [0.3, 0.4) is 0 Å². The van der Waals surface area contributed by atoms with Gasteiger partial charge in [0.25, 0.3) is 15.9 Å². The number of carbonyl (C=O) groups excluding carboxylic acids is 1. The van der Waals surface area contributed by atoms with Gasteiger partial charge in [-0.1, -0.05) is 42.0 Å². The highest BCUT2D eigenvalue weighted by Gasteiger charge is 2.37. The van der Waals surface area contributed by atoms with Crippen LogP contribution in [-0.4, -0.2) is 27.0 Å². The van der Waals surface area contributed by atoms with E-state index in [1.807, 2.05) is 27.7 Å². The van der Waals surface area contributed by atoms with Gasteiger partial charge < -0.3 is 10.1 Å². The van der Waals surface area contributed by atoms with Gasteiger partial charge in [0.2, 0.25) is 0 Å². The molecular weight excluding hydrogens is 448 g/mol. The van der Waals surface area contributed by atoms with Gasteiger partial charge in [-0.3, -0.25) is 9.10 Å². The number of para-hydroxylation sites is 2. The Hall–Kier alpha value is -3.32. The van der Waals surface area contributed by atoms with Crippen LogP contribution in [0, 0.1) is 27.7 Å². The number of nitrogens with zero attached hydrogens (tertiary/aromatic N) is 1. The summed E-state index contributed by atoms with van der Waals surface area (Å²) in [7, 11) is -3.88. The standard InChI is InChI=1S/C27H30N2O4S/c1-17-10-12-22(13-11-17)34(31,32)29-16-26(33-25-9-7-6-8-24(25)29)27(30)28-21(5)23-15-19(3)18(2)14-20(23)4/h6-15,21,26H,16H2,1-5H3,(H,28,30)/t21-,26+/m0/s1. The fraction of sp³-hybridized carbons (Fsp3) is 0.296. The van der Waals surface area contributed by atoms with E-state index in [9.17, 15) is 13.2 Å². The molecule has 1 aliphatic heterocycles. The van der Waals surface area contributed by atoms with Gasteiger partial charge in [0.15, 0.2) is 6.10 Å². The number of aryl methyl sites for hydroxylation is 4. The molecule has 1 amide bonds. The Morgan fingerprint density at radius 3 is 2.32 bits per heavy atom. The SMILES string of the molecule is Cc1ccc(S(=O)(=O)N2C[C@H](C(=O)N[C@@H](C)c3cc(C)c(C)cc3C)Oc3ccccc32)cc1. The quantitative estimate of drug-likeness (QED) is 0.574. The summed E-state index contributed by atoms with van der Waals surface area (Å²) in [6, 6.07) is 17.5. The second-order valence-corrected chi connectivity index (χ2v) is 10.8. The van der Waals surface area contributed by atoms with Crippen LogP contribution in [0.15, 0.2) is 65.6 Å². The molecule has 0 radical (unpaired) electrons. The highest BCUT2D eigenvalue weighted by Crippen LogP contribution is 2.37. The van der Waals surface area contributed by atoms with Crippen molar-refractivity contribution in [3.63, 3.8) is 0 Å². The minimum atomic E-state index is -3.88. The lowest BCUT2D eigenvalue weighted by molar-refractivity contribution is -0.128. The van der Waals surface area contributed by atoms with Crippen LogP contribution in [0.1, 0.15) is 40.8 Å². The molecule has 0 saturated heterocycles. The molecule has 0 unspecified atom stereocenters. The van der Waals surface area contributed by atoms with Crippen molar-refractivity contribution in [2.75, 3.05) is 10.8 Å². The average molecular weight is 479 g/mol. The van der Waals surface area contributed by atoms with Gasteiger partial charge in [0.05, 0.1) is 23.2 Å². The Morgan fingerprint density at radius 2 is 1.62 bits per heavy atom. The summed E-state index contributed by atoms with van der Waals surface area (Å²) < 4.78 is 34.3. The number of sulfonamides is 1. The van der Waals surface area contributed by atoms with E-state index in [2.05, 4.69) is 24.4 Å². The van der Waals surface area contributed by atoms with Crippen molar-refractivity contribution in [3.8, 4) is 5.75 Å². The monoisotopic (exact) mass is 478 g/mol. The first kappa shape index (κ1) is 23.8. The number of anilines is 1. The van der Waals surface area contributed by atoms with Crippen molar-refractivity contribution in [2.45, 2.75) is 51.7 Å². The Balaban J connectivity index is 1.62. The molecule has 0 saturated carbocycles.